The van der Waals surface area contributed by atoms with Gasteiger partial charge in [-0.15, -0.1) is 0 Å². The van der Waals surface area contributed by atoms with Gasteiger partial charge in [-0.1, -0.05) is 23.2 Å². The predicted octanol–water partition coefficient (Wildman–Crippen LogP) is 3.60. The quantitative estimate of drug-likeness (QED) is 0.517. The van der Waals surface area contributed by atoms with Crippen LogP contribution < -0.4 is 4.90 Å². The van der Waals surface area contributed by atoms with Crippen LogP contribution in [0.3, 0.4) is 0 Å². The predicted molar refractivity (Wildman–Crippen MR) is 116 cm³/mol. The van der Waals surface area contributed by atoms with E-state index < -0.39 is 0 Å². The van der Waals surface area contributed by atoms with Crippen LogP contribution in [0.5, 0.6) is 0 Å². The smallest absolute Gasteiger partial charge is 0.240 e. The molecule has 7 heteroatoms. The van der Waals surface area contributed by atoms with Crippen molar-refractivity contribution in [3.05, 3.63) is 64.1 Å². The fraction of sp³-hybridized carbons (Fsp3) is 0.364. The van der Waals surface area contributed by atoms with Crippen molar-refractivity contribution in [2.24, 2.45) is 0 Å². The van der Waals surface area contributed by atoms with Crippen LogP contribution in [-0.2, 0) is 4.79 Å². The van der Waals surface area contributed by atoms with Gasteiger partial charge in [-0.25, -0.2) is 0 Å². The average molecular weight is 432 g/mol. The summed E-state index contributed by atoms with van der Waals surface area (Å²) in [7, 11) is 0. The van der Waals surface area contributed by atoms with Crippen LogP contribution in [0, 0.1) is 0 Å². The number of nitrogens with zero attached hydrogens (tertiary/aromatic N) is 3. The highest BCUT2D eigenvalue weighted by Crippen LogP contribution is 2.23. The van der Waals surface area contributed by atoms with Crippen molar-refractivity contribution >= 4 is 40.6 Å². The summed E-state index contributed by atoms with van der Waals surface area (Å²) in [4.78, 5) is 32.1. The lowest BCUT2D eigenvalue weighted by Crippen LogP contribution is -2.53. The van der Waals surface area contributed by atoms with Crippen LogP contribution in [0.25, 0.3) is 0 Å². The molecule has 2 aliphatic rings. The van der Waals surface area contributed by atoms with E-state index in [1.165, 1.54) is 0 Å². The molecule has 2 saturated heterocycles. The second kappa shape index (κ2) is 8.74. The van der Waals surface area contributed by atoms with Crippen LogP contribution in [-0.4, -0.2) is 66.8 Å². The van der Waals surface area contributed by atoms with Gasteiger partial charge in [0.2, 0.25) is 5.91 Å². The Hall–Kier alpha value is -2.08. The van der Waals surface area contributed by atoms with Crippen molar-refractivity contribution in [1.82, 2.24) is 9.80 Å². The first-order valence-corrected chi connectivity index (χ1v) is 10.6. The zero-order chi connectivity index (χ0) is 20.4. The van der Waals surface area contributed by atoms with E-state index >= 15 is 0 Å². The minimum absolute atomic E-state index is 0.0216. The molecule has 0 spiro atoms. The van der Waals surface area contributed by atoms with E-state index in [1.54, 1.807) is 24.3 Å². The number of ketones is 1. The van der Waals surface area contributed by atoms with E-state index in [-0.39, 0.29) is 24.2 Å². The van der Waals surface area contributed by atoms with Gasteiger partial charge in [-0.2, -0.15) is 0 Å². The maximum absolute atomic E-state index is 13.2. The maximum atomic E-state index is 13.2. The number of rotatable bonds is 6. The van der Waals surface area contributed by atoms with Gasteiger partial charge >= 0.3 is 0 Å². The summed E-state index contributed by atoms with van der Waals surface area (Å²) in [5.41, 5.74) is 1.71. The molecule has 2 aromatic rings. The average Bonchev–Trinajstić information content (AvgIpc) is 3.58. The Balaban J connectivity index is 1.37. The van der Waals surface area contributed by atoms with Gasteiger partial charge in [0.15, 0.2) is 5.78 Å². The van der Waals surface area contributed by atoms with E-state index in [9.17, 15) is 9.59 Å². The number of carbonyl (C=O) groups excluding carboxylic acids is 2. The number of amides is 1. The van der Waals surface area contributed by atoms with Crippen LogP contribution in [0.4, 0.5) is 5.69 Å². The van der Waals surface area contributed by atoms with Crippen molar-refractivity contribution in [3.8, 4) is 0 Å². The number of piperazine rings is 1. The molecular weight excluding hydrogens is 409 g/mol. The number of hydrogen-bond donors (Lipinski definition) is 0. The molecule has 0 bridgehead atoms. The lowest BCUT2D eigenvalue weighted by Gasteiger charge is -2.37. The van der Waals surface area contributed by atoms with E-state index in [1.807, 2.05) is 29.2 Å². The molecule has 5 nitrogen and oxygen atoms in total. The number of Topliss-reactive ketones (excluding diaryl/α,β-unsaturated/α-hetero) is 1. The number of halogens is 2. The Morgan fingerprint density at radius 2 is 1.34 bits per heavy atom. The summed E-state index contributed by atoms with van der Waals surface area (Å²) in [6, 6.07) is 14.3. The largest absolute Gasteiger partial charge is 0.368 e. The minimum Gasteiger partial charge on any atom is -0.368 e. The van der Waals surface area contributed by atoms with Crippen molar-refractivity contribution in [2.75, 3.05) is 44.2 Å². The zero-order valence-electron chi connectivity index (χ0n) is 16.1. The van der Waals surface area contributed by atoms with E-state index in [4.69, 9.17) is 23.2 Å². The van der Waals surface area contributed by atoms with Gasteiger partial charge in [0.05, 0.1) is 6.04 Å². The topological polar surface area (TPSA) is 43.6 Å². The first-order chi connectivity index (χ1) is 14.0. The molecule has 2 aromatic carbocycles. The third-order valence-electron chi connectivity index (χ3n) is 5.54. The van der Waals surface area contributed by atoms with Gasteiger partial charge in [-0.3, -0.25) is 14.5 Å². The van der Waals surface area contributed by atoms with E-state index in [0.717, 1.165) is 31.9 Å². The first kappa shape index (κ1) is 20.2. The number of anilines is 1. The van der Waals surface area contributed by atoms with Crippen LogP contribution >= 0.6 is 23.2 Å². The van der Waals surface area contributed by atoms with Gasteiger partial charge < -0.3 is 9.80 Å². The minimum atomic E-state index is -0.375. The van der Waals surface area contributed by atoms with Gasteiger partial charge in [0, 0.05) is 67.0 Å². The van der Waals surface area contributed by atoms with Gasteiger partial charge in [0.1, 0.15) is 0 Å². The Kier molecular flexibility index (Phi) is 6.09. The summed E-state index contributed by atoms with van der Waals surface area (Å²) in [5, 5.41) is 1.31. The molecule has 0 aromatic heterocycles. The SMILES string of the molecule is O=C(CC(C(=O)N1CCN(c2ccc(Cl)cc2)CC1)N1CC1)c1ccc(Cl)cc1. The van der Waals surface area contributed by atoms with Crippen LogP contribution in [0.1, 0.15) is 16.8 Å². The molecule has 0 saturated carbocycles. The zero-order valence-corrected chi connectivity index (χ0v) is 17.6. The second-order valence-electron chi connectivity index (χ2n) is 7.47. The molecule has 152 valence electrons. The summed E-state index contributed by atoms with van der Waals surface area (Å²) in [6.45, 7) is 4.59. The highest BCUT2D eigenvalue weighted by molar-refractivity contribution is 6.31. The van der Waals surface area contributed by atoms with Crippen LogP contribution in [0.2, 0.25) is 10.0 Å². The Labute approximate surface area is 180 Å². The monoisotopic (exact) mass is 431 g/mol. The maximum Gasteiger partial charge on any atom is 0.240 e. The Bertz CT molecular complexity index is 874. The molecule has 29 heavy (non-hydrogen) atoms. The fourth-order valence-corrected chi connectivity index (χ4v) is 3.97. The molecule has 2 heterocycles. The van der Waals surface area contributed by atoms with Crippen LogP contribution in [0.15, 0.2) is 48.5 Å². The first-order valence-electron chi connectivity index (χ1n) is 9.83. The lowest BCUT2D eigenvalue weighted by atomic mass is 10.0. The Morgan fingerprint density at radius 1 is 0.793 bits per heavy atom. The number of benzene rings is 2. The lowest BCUT2D eigenvalue weighted by molar-refractivity contribution is -0.135. The summed E-state index contributed by atoms with van der Waals surface area (Å²) >= 11 is 11.9. The molecule has 1 amide bonds. The molecule has 1 unspecified atom stereocenters. The van der Waals surface area contributed by atoms with Gasteiger partial charge in [-0.05, 0) is 48.5 Å². The van der Waals surface area contributed by atoms with E-state index in [2.05, 4.69) is 9.80 Å². The molecule has 0 radical (unpaired) electrons. The molecule has 2 aliphatic heterocycles. The van der Waals surface area contributed by atoms with Gasteiger partial charge in [0.25, 0.3) is 0 Å². The van der Waals surface area contributed by atoms with Crippen molar-refractivity contribution < 1.29 is 9.59 Å². The highest BCUT2D eigenvalue weighted by Gasteiger charge is 2.38. The fourth-order valence-electron chi connectivity index (χ4n) is 3.72. The number of hydrogen-bond acceptors (Lipinski definition) is 4. The summed E-state index contributed by atoms with van der Waals surface area (Å²) in [6.07, 6.45) is 0.206. The van der Waals surface area contributed by atoms with Crippen molar-refractivity contribution in [2.45, 2.75) is 12.5 Å². The third kappa shape index (κ3) is 4.92. The van der Waals surface area contributed by atoms with E-state index in [0.29, 0.717) is 28.7 Å². The van der Waals surface area contributed by atoms with Crippen molar-refractivity contribution in [3.63, 3.8) is 0 Å². The summed E-state index contributed by atoms with van der Waals surface area (Å²) in [5.74, 6) is 0.0345. The molecule has 0 N–H and O–H groups in total. The molecule has 2 fully saturated rings. The standard InChI is InChI=1S/C22H23Cl2N3O2/c23-17-3-1-16(2-4-17)21(28)15-20(26-11-12-26)22(29)27-13-9-25(10-14-27)19-7-5-18(24)6-8-19/h1-8,20H,9-15H2. The van der Waals surface area contributed by atoms with Crippen molar-refractivity contribution in [1.29, 1.82) is 0 Å². The summed E-state index contributed by atoms with van der Waals surface area (Å²) < 4.78 is 0. The molecular formula is C22H23Cl2N3O2. The third-order valence-corrected chi connectivity index (χ3v) is 6.04. The second-order valence-corrected chi connectivity index (χ2v) is 8.35. The molecule has 0 aliphatic carbocycles. The highest BCUT2D eigenvalue weighted by atomic mass is 35.5. The Morgan fingerprint density at radius 3 is 1.90 bits per heavy atom. The molecule has 1 atom stereocenters. The normalized spacial score (nSPS) is 17.9. The number of carbonyl (C=O) groups is 2. The molecule has 4 rings (SSSR count).